The second-order valence-corrected chi connectivity index (χ2v) is 5.82. The zero-order valence-electron chi connectivity index (χ0n) is 15.8. The Morgan fingerprint density at radius 1 is 1.00 bits per heavy atom. The first-order valence-electron chi connectivity index (χ1n) is 8.47. The molecule has 0 aliphatic heterocycles. The number of ether oxygens (including phenoxy) is 3. The molecule has 3 aromatic rings. The predicted octanol–water partition coefficient (Wildman–Crippen LogP) is 3.85. The van der Waals surface area contributed by atoms with Crippen LogP contribution in [0.25, 0.3) is 16.9 Å². The van der Waals surface area contributed by atoms with E-state index in [1.807, 2.05) is 0 Å². The molecule has 1 aromatic heterocycles. The van der Waals surface area contributed by atoms with Gasteiger partial charge in [0.2, 0.25) is 0 Å². The third-order valence-corrected chi connectivity index (χ3v) is 4.08. The second-order valence-electron chi connectivity index (χ2n) is 5.82. The first kappa shape index (κ1) is 20.9. The number of hydrogen-bond donors (Lipinski definition) is 0. The Hall–Kier alpha value is -3.82. The Bertz CT molecular complexity index is 1080. The van der Waals surface area contributed by atoms with Crippen LogP contribution in [0.2, 0.25) is 0 Å². The van der Waals surface area contributed by atoms with Gasteiger partial charge in [-0.15, -0.1) is 0 Å². The average molecular weight is 420 g/mol. The molecule has 0 fully saturated rings. The van der Waals surface area contributed by atoms with Crippen LogP contribution in [0.15, 0.2) is 48.5 Å². The summed E-state index contributed by atoms with van der Waals surface area (Å²) < 4.78 is 54.3. The average Bonchev–Trinajstić information content (AvgIpc) is 3.13. The molecule has 0 unspecified atom stereocenters. The molecule has 3 rings (SSSR count). The maximum Gasteiger partial charge on any atom is 0.387 e. The molecule has 0 atom stereocenters. The lowest BCUT2D eigenvalue weighted by molar-refractivity contribution is -0.0499. The van der Waals surface area contributed by atoms with Gasteiger partial charge >= 0.3 is 18.6 Å². The smallest absolute Gasteiger partial charge is 0.387 e. The van der Waals surface area contributed by atoms with Crippen molar-refractivity contribution in [3.05, 3.63) is 65.6 Å². The van der Waals surface area contributed by atoms with E-state index in [1.165, 1.54) is 0 Å². The van der Waals surface area contributed by atoms with Crippen LogP contribution in [0.5, 0.6) is 5.75 Å². The fourth-order valence-electron chi connectivity index (χ4n) is 2.81. The normalized spacial score (nSPS) is 10.7. The molecule has 0 saturated carbocycles. The standard InChI is InChI=1S/C20H15F3N2O5/c1-28-18(26)15-16(13-9-8-12(10-14(13)21)30-20(22)23)24-25(17(15)19(27)29-2)11-6-4-3-5-7-11/h3-10,20H,1-2H3. The van der Waals surface area contributed by atoms with E-state index in [9.17, 15) is 22.8 Å². The maximum absolute atomic E-state index is 14.7. The largest absolute Gasteiger partial charge is 0.465 e. The fraction of sp³-hybridized carbons (Fsp3) is 0.150. The van der Waals surface area contributed by atoms with Crippen LogP contribution in [0.3, 0.4) is 0 Å². The summed E-state index contributed by atoms with van der Waals surface area (Å²) in [6.45, 7) is -3.14. The van der Waals surface area contributed by atoms with Crippen LogP contribution in [0, 0.1) is 5.82 Å². The van der Waals surface area contributed by atoms with Crippen LogP contribution >= 0.6 is 0 Å². The summed E-state index contributed by atoms with van der Waals surface area (Å²) in [6.07, 6.45) is 0. The molecule has 0 bridgehead atoms. The Morgan fingerprint density at radius 2 is 1.67 bits per heavy atom. The van der Waals surface area contributed by atoms with Crippen molar-refractivity contribution >= 4 is 11.9 Å². The Labute approximate surface area is 168 Å². The molecule has 1 heterocycles. The first-order valence-corrected chi connectivity index (χ1v) is 8.47. The van der Waals surface area contributed by atoms with E-state index in [1.54, 1.807) is 30.3 Å². The molecule has 7 nitrogen and oxygen atoms in total. The number of esters is 2. The molecular formula is C20H15F3N2O5. The molecular weight excluding hydrogens is 405 g/mol. The van der Waals surface area contributed by atoms with Gasteiger partial charge in [0.05, 0.1) is 19.9 Å². The number of rotatable bonds is 6. The number of hydrogen-bond acceptors (Lipinski definition) is 6. The molecule has 30 heavy (non-hydrogen) atoms. The summed E-state index contributed by atoms with van der Waals surface area (Å²) in [6, 6.07) is 11.2. The van der Waals surface area contributed by atoms with Gasteiger partial charge in [0.1, 0.15) is 22.8 Å². The van der Waals surface area contributed by atoms with Crippen LogP contribution in [0.1, 0.15) is 20.8 Å². The number of nitrogens with zero attached hydrogens (tertiary/aromatic N) is 2. The Morgan fingerprint density at radius 3 is 2.23 bits per heavy atom. The number of halogens is 3. The minimum Gasteiger partial charge on any atom is -0.465 e. The van der Waals surface area contributed by atoms with Gasteiger partial charge in [-0.2, -0.15) is 13.9 Å². The molecule has 0 radical (unpaired) electrons. The van der Waals surface area contributed by atoms with E-state index in [4.69, 9.17) is 9.47 Å². The third-order valence-electron chi connectivity index (χ3n) is 4.08. The maximum atomic E-state index is 14.7. The van der Waals surface area contributed by atoms with Gasteiger partial charge in [-0.25, -0.2) is 18.7 Å². The van der Waals surface area contributed by atoms with E-state index < -0.39 is 30.1 Å². The highest BCUT2D eigenvalue weighted by molar-refractivity contribution is 6.06. The van der Waals surface area contributed by atoms with Gasteiger partial charge in [-0.1, -0.05) is 18.2 Å². The van der Waals surface area contributed by atoms with Crippen LogP contribution in [-0.2, 0) is 9.47 Å². The van der Waals surface area contributed by atoms with Crippen LogP contribution in [-0.4, -0.2) is 42.6 Å². The number of carbonyl (C=O) groups excluding carboxylic acids is 2. The van der Waals surface area contributed by atoms with Crippen LogP contribution < -0.4 is 4.74 Å². The van der Waals surface area contributed by atoms with Crippen LogP contribution in [0.4, 0.5) is 13.2 Å². The SMILES string of the molecule is COC(=O)c1c(-c2ccc(OC(F)F)cc2F)nn(-c2ccccc2)c1C(=O)OC. The predicted molar refractivity (Wildman–Crippen MR) is 98.3 cm³/mol. The number of methoxy groups -OCH3 is 2. The van der Waals surface area contributed by atoms with Crippen molar-refractivity contribution in [2.45, 2.75) is 6.61 Å². The summed E-state index contributed by atoms with van der Waals surface area (Å²) in [5, 5.41) is 4.23. The highest BCUT2D eigenvalue weighted by Crippen LogP contribution is 2.32. The summed E-state index contributed by atoms with van der Waals surface area (Å²) in [5.41, 5.74) is -0.677. The number of alkyl halides is 2. The highest BCUT2D eigenvalue weighted by atomic mass is 19.3. The molecule has 2 aromatic carbocycles. The fourth-order valence-corrected chi connectivity index (χ4v) is 2.81. The molecule has 0 saturated heterocycles. The highest BCUT2D eigenvalue weighted by Gasteiger charge is 2.32. The van der Waals surface area contributed by atoms with Crippen molar-refractivity contribution in [2.24, 2.45) is 0 Å². The van der Waals surface area contributed by atoms with Gasteiger partial charge in [0, 0.05) is 11.6 Å². The van der Waals surface area contributed by atoms with E-state index in [0.717, 1.165) is 37.1 Å². The second kappa shape index (κ2) is 8.68. The van der Waals surface area contributed by atoms with Crippen molar-refractivity contribution in [3.63, 3.8) is 0 Å². The minimum absolute atomic E-state index is 0.225. The van der Waals surface area contributed by atoms with Gasteiger partial charge in [0.15, 0.2) is 5.69 Å². The van der Waals surface area contributed by atoms with Gasteiger partial charge in [0.25, 0.3) is 0 Å². The minimum atomic E-state index is -3.14. The summed E-state index contributed by atoms with van der Waals surface area (Å²) in [5.74, 6) is -3.27. The molecule has 10 heteroatoms. The molecule has 0 aliphatic rings. The van der Waals surface area contributed by atoms with Gasteiger partial charge < -0.3 is 14.2 Å². The number of benzene rings is 2. The summed E-state index contributed by atoms with van der Waals surface area (Å²) in [4.78, 5) is 25.0. The number of aromatic nitrogens is 2. The third kappa shape index (κ3) is 3.97. The Balaban J connectivity index is 2.28. The zero-order valence-corrected chi connectivity index (χ0v) is 15.8. The van der Waals surface area contributed by atoms with Gasteiger partial charge in [-0.05, 0) is 24.3 Å². The van der Waals surface area contributed by atoms with E-state index in [0.29, 0.717) is 5.69 Å². The lowest BCUT2D eigenvalue weighted by Crippen LogP contribution is -2.15. The van der Waals surface area contributed by atoms with Crippen molar-refractivity contribution in [2.75, 3.05) is 14.2 Å². The summed E-state index contributed by atoms with van der Waals surface area (Å²) >= 11 is 0. The van der Waals surface area contributed by atoms with E-state index >= 15 is 0 Å². The molecule has 0 amide bonds. The molecule has 156 valence electrons. The lowest BCUT2D eigenvalue weighted by atomic mass is 10.0. The number of para-hydroxylation sites is 1. The quantitative estimate of drug-likeness (QED) is 0.564. The lowest BCUT2D eigenvalue weighted by Gasteiger charge is -2.07. The molecule has 0 spiro atoms. The topological polar surface area (TPSA) is 79.7 Å². The summed E-state index contributed by atoms with van der Waals surface area (Å²) in [7, 11) is 2.20. The van der Waals surface area contributed by atoms with Gasteiger partial charge in [-0.3, -0.25) is 0 Å². The molecule has 0 N–H and O–H groups in total. The molecule has 0 aliphatic carbocycles. The van der Waals surface area contributed by atoms with Crippen molar-refractivity contribution < 1.29 is 37.0 Å². The van der Waals surface area contributed by atoms with E-state index in [-0.39, 0.29) is 22.5 Å². The first-order chi connectivity index (χ1) is 14.4. The monoisotopic (exact) mass is 420 g/mol. The van der Waals surface area contributed by atoms with Crippen molar-refractivity contribution in [1.82, 2.24) is 9.78 Å². The van der Waals surface area contributed by atoms with E-state index in [2.05, 4.69) is 9.84 Å². The van der Waals surface area contributed by atoms with Crippen molar-refractivity contribution in [1.29, 1.82) is 0 Å². The number of carbonyl (C=O) groups is 2. The zero-order chi connectivity index (χ0) is 21.8. The Kier molecular flexibility index (Phi) is 6.05. The van der Waals surface area contributed by atoms with Crippen molar-refractivity contribution in [3.8, 4) is 22.7 Å².